The highest BCUT2D eigenvalue weighted by Crippen LogP contribution is 2.50. The normalized spacial score (nSPS) is 12.0. The molecule has 224 valence electrons. The van der Waals surface area contributed by atoms with Gasteiger partial charge in [-0.2, -0.15) is 0 Å². The van der Waals surface area contributed by atoms with Crippen LogP contribution in [0.3, 0.4) is 0 Å². The first-order valence-electron chi connectivity index (χ1n) is 14.2. The predicted octanol–water partition coefficient (Wildman–Crippen LogP) is 8.58. The number of nitrogens with two attached hydrogens (primary N) is 1. The second-order valence-electron chi connectivity index (χ2n) is 10.9. The number of carbonyl (C=O) groups is 1. The maximum atomic E-state index is 12.0. The number of benzene rings is 4. The highest BCUT2D eigenvalue weighted by Gasteiger charge is 2.30. The Labute approximate surface area is 265 Å². The lowest BCUT2D eigenvalue weighted by Gasteiger charge is -2.36. The molecule has 0 aliphatic carbocycles. The van der Waals surface area contributed by atoms with Crippen LogP contribution in [0.2, 0.25) is 0 Å². The summed E-state index contributed by atoms with van der Waals surface area (Å²) in [5.74, 6) is 0.608. The summed E-state index contributed by atoms with van der Waals surface area (Å²) in [5.41, 5.74) is 17.9. The quantitative estimate of drug-likeness (QED) is 0.124. The van der Waals surface area contributed by atoms with Crippen LogP contribution in [0.4, 0.5) is 11.4 Å². The van der Waals surface area contributed by atoms with Crippen LogP contribution in [-0.4, -0.2) is 22.3 Å². The Morgan fingerprint density at radius 3 is 2.43 bits per heavy atom. The van der Waals surface area contributed by atoms with Crippen molar-refractivity contribution >= 4 is 40.6 Å². The molecule has 0 unspecified atom stereocenters. The maximum absolute atomic E-state index is 12.0. The predicted molar refractivity (Wildman–Crippen MR) is 180 cm³/mol. The van der Waals surface area contributed by atoms with Crippen LogP contribution in [-0.2, 0) is 24.4 Å². The fraction of sp³-hybridized carbons (Fsp3) is 0.200. The third-order valence-corrected chi connectivity index (χ3v) is 9.42. The number of anilines is 2. The molecule has 7 nitrogen and oxygen atoms in total. The van der Waals surface area contributed by atoms with Crippen LogP contribution >= 0.6 is 23.3 Å². The fourth-order valence-corrected chi connectivity index (χ4v) is 7.14. The molecular formula is C35H33N3O4S2. The van der Waals surface area contributed by atoms with Gasteiger partial charge in [-0.1, -0.05) is 59.2 Å². The van der Waals surface area contributed by atoms with Crippen molar-refractivity contribution in [3.63, 3.8) is 0 Å². The summed E-state index contributed by atoms with van der Waals surface area (Å²) in [7, 11) is 0. The summed E-state index contributed by atoms with van der Waals surface area (Å²) >= 11 is 3.06. The molecule has 0 spiro atoms. The molecule has 1 aliphatic heterocycles. The monoisotopic (exact) mass is 623 g/mol. The van der Waals surface area contributed by atoms with Crippen molar-refractivity contribution in [1.82, 2.24) is 4.98 Å². The zero-order valence-corrected chi connectivity index (χ0v) is 26.6. The van der Waals surface area contributed by atoms with Gasteiger partial charge in [-0.3, -0.25) is 4.79 Å². The van der Waals surface area contributed by atoms with Gasteiger partial charge in [-0.05, 0) is 96.1 Å². The van der Waals surface area contributed by atoms with E-state index in [1.165, 1.54) is 11.3 Å². The van der Waals surface area contributed by atoms with Gasteiger partial charge in [0.2, 0.25) is 0 Å². The zero-order chi connectivity index (χ0) is 31.0. The molecule has 2 heterocycles. The van der Waals surface area contributed by atoms with Gasteiger partial charge < -0.3 is 24.6 Å². The van der Waals surface area contributed by atoms with Gasteiger partial charge in [0.05, 0.1) is 24.3 Å². The van der Waals surface area contributed by atoms with Crippen LogP contribution in [0.5, 0.6) is 16.7 Å². The Morgan fingerprint density at radius 2 is 1.73 bits per heavy atom. The average molecular weight is 624 g/mol. The van der Waals surface area contributed by atoms with E-state index in [0.29, 0.717) is 29.8 Å². The number of nitrogens with zero attached hydrogens (tertiary/aromatic N) is 2. The minimum Gasteiger partial charge on any atom is -0.487 e. The third kappa shape index (κ3) is 5.85. The van der Waals surface area contributed by atoms with Gasteiger partial charge in [0.15, 0.2) is 0 Å². The van der Waals surface area contributed by atoms with Gasteiger partial charge in [0.25, 0.3) is 5.19 Å². The molecule has 5 aromatic rings. The van der Waals surface area contributed by atoms with E-state index < -0.39 is 5.97 Å². The van der Waals surface area contributed by atoms with Gasteiger partial charge in [-0.15, -0.1) is 0 Å². The number of ether oxygens (including phenoxy) is 2. The Bertz CT molecular complexity index is 1850. The van der Waals surface area contributed by atoms with Crippen LogP contribution in [0, 0.1) is 20.8 Å². The number of aliphatic carboxylic acids is 1. The van der Waals surface area contributed by atoms with E-state index in [1.807, 2.05) is 23.6 Å². The number of thiazole rings is 1. The largest absolute Gasteiger partial charge is 0.487 e. The minimum atomic E-state index is -0.835. The molecule has 6 rings (SSSR count). The lowest BCUT2D eigenvalue weighted by molar-refractivity contribution is -0.136. The number of carboxylic acids is 1. The highest BCUT2D eigenvalue weighted by atomic mass is 32.2. The summed E-state index contributed by atoms with van der Waals surface area (Å²) in [6, 6.07) is 21.8. The standard InChI is InChI=1S/C35H33N3O4S2/c1-20-5-7-23(8-6-20)32-22(3)33-29-14-13-28(15-24(29)17-38(43-4)34(33)21(2)30(32)16-31(39)40)41-18-26-19-44-35(37-26)42-27-11-9-25(36)10-12-27/h5-15,19H,16-18,36H2,1-4H3,(H,39,40). The number of fused-ring (bicyclic) bond motifs is 3. The van der Waals surface area contributed by atoms with Gasteiger partial charge in [0.1, 0.15) is 18.1 Å². The second-order valence-corrected chi connectivity index (χ2v) is 12.5. The van der Waals surface area contributed by atoms with Gasteiger partial charge in [-0.25, -0.2) is 4.98 Å². The molecule has 0 fully saturated rings. The average Bonchev–Trinajstić information content (AvgIpc) is 3.46. The summed E-state index contributed by atoms with van der Waals surface area (Å²) < 4.78 is 14.3. The molecule has 1 aliphatic rings. The summed E-state index contributed by atoms with van der Waals surface area (Å²) in [6.45, 7) is 7.22. The van der Waals surface area contributed by atoms with E-state index in [4.69, 9.17) is 15.2 Å². The van der Waals surface area contributed by atoms with E-state index >= 15 is 0 Å². The molecule has 0 saturated carbocycles. The first-order chi connectivity index (χ1) is 21.2. The van der Waals surface area contributed by atoms with Crippen molar-refractivity contribution in [3.05, 3.63) is 106 Å². The Morgan fingerprint density at radius 1 is 1.00 bits per heavy atom. The molecule has 0 atom stereocenters. The molecule has 4 aromatic carbocycles. The number of hydrogen-bond acceptors (Lipinski definition) is 8. The van der Waals surface area contributed by atoms with Gasteiger partial charge >= 0.3 is 5.97 Å². The first-order valence-corrected chi connectivity index (χ1v) is 16.3. The van der Waals surface area contributed by atoms with Crippen molar-refractivity contribution in [2.45, 2.75) is 40.3 Å². The van der Waals surface area contributed by atoms with Crippen molar-refractivity contribution in [1.29, 1.82) is 0 Å². The van der Waals surface area contributed by atoms with Crippen LogP contribution in [0.25, 0.3) is 22.3 Å². The summed E-state index contributed by atoms with van der Waals surface area (Å²) in [6.07, 6.45) is 2.02. The molecule has 44 heavy (non-hydrogen) atoms. The Balaban J connectivity index is 1.32. The van der Waals surface area contributed by atoms with Crippen LogP contribution in [0.15, 0.2) is 72.1 Å². The molecule has 0 saturated heterocycles. The zero-order valence-electron chi connectivity index (χ0n) is 25.0. The van der Waals surface area contributed by atoms with Crippen molar-refractivity contribution in [2.24, 2.45) is 0 Å². The van der Waals surface area contributed by atoms with Crippen molar-refractivity contribution < 1.29 is 19.4 Å². The molecular weight excluding hydrogens is 591 g/mol. The number of nitrogen functional groups attached to an aromatic ring is 1. The molecule has 3 N–H and O–H groups in total. The number of aryl methyl sites for hydroxylation is 1. The Kier molecular flexibility index (Phi) is 8.25. The topological polar surface area (TPSA) is 97.9 Å². The van der Waals surface area contributed by atoms with E-state index in [0.717, 1.165) is 67.2 Å². The number of hydrogen-bond donors (Lipinski definition) is 2. The maximum Gasteiger partial charge on any atom is 0.307 e. The van der Waals surface area contributed by atoms with E-state index in [-0.39, 0.29) is 6.42 Å². The first kappa shape index (κ1) is 29.6. The highest BCUT2D eigenvalue weighted by molar-refractivity contribution is 7.99. The second kappa shape index (κ2) is 12.3. The Hall–Kier alpha value is -4.47. The molecule has 0 radical (unpaired) electrons. The van der Waals surface area contributed by atoms with E-state index in [9.17, 15) is 9.90 Å². The lowest BCUT2D eigenvalue weighted by Crippen LogP contribution is -2.22. The van der Waals surface area contributed by atoms with E-state index in [2.05, 4.69) is 72.7 Å². The molecule has 0 bridgehead atoms. The molecule has 1 aromatic heterocycles. The smallest absolute Gasteiger partial charge is 0.307 e. The molecule has 0 amide bonds. The number of rotatable bonds is 9. The summed E-state index contributed by atoms with van der Waals surface area (Å²) in [5, 5.41) is 12.4. The van der Waals surface area contributed by atoms with Gasteiger partial charge in [0, 0.05) is 22.9 Å². The van der Waals surface area contributed by atoms with E-state index in [1.54, 1.807) is 24.1 Å². The molecule has 9 heteroatoms. The van der Waals surface area contributed by atoms with Crippen molar-refractivity contribution in [3.8, 4) is 38.9 Å². The number of aromatic nitrogens is 1. The van der Waals surface area contributed by atoms with Crippen LogP contribution in [0.1, 0.15) is 33.5 Å². The van der Waals surface area contributed by atoms with Crippen molar-refractivity contribution in [2.75, 3.05) is 16.3 Å². The number of carboxylic acid groups (broad SMARTS) is 1. The minimum absolute atomic E-state index is 0.0334. The SMILES string of the molecule is CSN1Cc2cc(OCc3csc(Oc4ccc(N)cc4)n3)ccc2-c2c(C)c(-c3ccc(C)cc3)c(CC(=O)O)c(C)c21. The van der Waals surface area contributed by atoms with Crippen LogP contribution < -0.4 is 19.5 Å². The summed E-state index contributed by atoms with van der Waals surface area (Å²) in [4.78, 5) is 16.6. The lowest BCUT2D eigenvalue weighted by atomic mass is 9.81. The fourth-order valence-electron chi connectivity index (χ4n) is 5.79. The third-order valence-electron chi connectivity index (χ3n) is 7.90.